The van der Waals surface area contributed by atoms with Crippen molar-refractivity contribution in [3.8, 4) is 11.5 Å². The summed E-state index contributed by atoms with van der Waals surface area (Å²) >= 11 is 0. The zero-order valence-corrected chi connectivity index (χ0v) is 36.8. The number of carbonyl (C=O) groups excluding carboxylic acids is 1. The lowest BCUT2D eigenvalue weighted by Gasteiger charge is -2.39. The van der Waals surface area contributed by atoms with Crippen molar-refractivity contribution in [3.05, 3.63) is 117 Å². The smallest absolute Gasteiger partial charge is 0.416 e. The summed E-state index contributed by atoms with van der Waals surface area (Å²) in [7, 11) is -4.35. The van der Waals surface area contributed by atoms with E-state index in [1.807, 2.05) is 6.07 Å². The summed E-state index contributed by atoms with van der Waals surface area (Å²) in [6.45, 7) is 11.1. The van der Waals surface area contributed by atoms with Gasteiger partial charge < -0.3 is 24.7 Å². The number of pyridine rings is 1. The van der Waals surface area contributed by atoms with Crippen LogP contribution in [0.1, 0.15) is 66.6 Å². The van der Waals surface area contributed by atoms with Gasteiger partial charge in [-0.1, -0.05) is 25.5 Å². The largest absolute Gasteiger partial charge is 0.455 e. The molecule has 1 aliphatic carbocycles. The average Bonchev–Trinajstić information content (AvgIpc) is 3.96. The number of H-pyrrole nitrogens is 1. The molecule has 2 aromatic heterocycles. The van der Waals surface area contributed by atoms with E-state index in [9.17, 15) is 36.5 Å². The minimum atomic E-state index is -4.41. The Morgan fingerprint density at radius 1 is 1.06 bits per heavy atom. The lowest BCUT2D eigenvalue weighted by Crippen LogP contribution is -2.47. The Labute approximate surface area is 369 Å². The second kappa shape index (κ2) is 18.0. The van der Waals surface area contributed by atoms with Crippen molar-refractivity contribution in [2.75, 3.05) is 68.5 Å². The van der Waals surface area contributed by atoms with Gasteiger partial charge in [-0.15, -0.1) is 0 Å². The van der Waals surface area contributed by atoms with Gasteiger partial charge in [0, 0.05) is 81.2 Å². The molecule has 2 saturated heterocycles. The van der Waals surface area contributed by atoms with Crippen molar-refractivity contribution in [1.82, 2.24) is 14.9 Å². The highest BCUT2D eigenvalue weighted by atomic mass is 32.2. The number of hydrogen-bond acceptors (Lipinski definition) is 11. The molecule has 338 valence electrons. The maximum Gasteiger partial charge on any atom is 0.416 e. The van der Waals surface area contributed by atoms with Crippen molar-refractivity contribution in [2.24, 2.45) is 11.3 Å². The summed E-state index contributed by atoms with van der Waals surface area (Å²) in [6, 6.07) is 16.2. The lowest BCUT2D eigenvalue weighted by molar-refractivity contribution is -0.384. The van der Waals surface area contributed by atoms with Crippen LogP contribution in [0.2, 0.25) is 0 Å². The molecule has 2 fully saturated rings. The number of piperazine rings is 1. The second-order valence-corrected chi connectivity index (χ2v) is 19.8. The van der Waals surface area contributed by atoms with Gasteiger partial charge in [-0.05, 0) is 103 Å². The Balaban J connectivity index is 1.01. The Hall–Kier alpha value is -5.78. The molecule has 5 aromatic rings. The molecule has 2 N–H and O–H groups in total. The molecule has 13 nitrogen and oxygen atoms in total. The number of carbonyl (C=O) groups is 1. The number of ketones is 1. The number of allylic oxidation sites excluding steroid dienone is 1. The summed E-state index contributed by atoms with van der Waals surface area (Å²) < 4.78 is 79.8. The third-order valence-corrected chi connectivity index (χ3v) is 14.2. The van der Waals surface area contributed by atoms with Crippen molar-refractivity contribution < 1.29 is 40.8 Å². The van der Waals surface area contributed by atoms with Gasteiger partial charge in [0.25, 0.3) is 5.69 Å². The van der Waals surface area contributed by atoms with Crippen LogP contribution in [0.25, 0.3) is 16.6 Å². The number of benzene rings is 3. The fourth-order valence-corrected chi connectivity index (χ4v) is 10.1. The van der Waals surface area contributed by atoms with Crippen LogP contribution in [0.4, 0.5) is 30.2 Å². The van der Waals surface area contributed by atoms with Crippen LogP contribution in [0.15, 0.2) is 89.6 Å². The van der Waals surface area contributed by atoms with Crippen molar-refractivity contribution >= 4 is 49.3 Å². The first-order chi connectivity index (χ1) is 30.4. The van der Waals surface area contributed by atoms with Crippen LogP contribution >= 0.6 is 0 Å². The molecule has 64 heavy (non-hydrogen) atoms. The standard InChI is InChI=1S/C47H51F3N6O7S/c1-30-20-34(47(48,49)50)4-7-38(30)40-24-46(2,3)13-10-33(40)27-54-15-17-55(18-16-54)35-5-8-39(44(22-35)63-36-21-32-11-14-51-45(32)53-26-36)43(57)29-64(60,61)37-6-9-41(42(23-37)56(58)59)52-25-31-12-19-62-28-31/h4-9,11,14,20-23,26,31,52H,10,12-13,15-19,24-25,27-29H2,1-3H3,(H,51,53). The molecule has 1 atom stereocenters. The normalized spacial score (nSPS) is 18.4. The minimum Gasteiger partial charge on any atom is -0.455 e. The first kappa shape index (κ1) is 44.8. The van der Waals surface area contributed by atoms with Gasteiger partial charge in [0.2, 0.25) is 0 Å². The van der Waals surface area contributed by atoms with Crippen LogP contribution in [0.5, 0.6) is 11.5 Å². The number of hydrogen-bond donors (Lipinski definition) is 2. The number of nitro groups is 1. The van der Waals surface area contributed by atoms with Crippen LogP contribution in [0, 0.1) is 28.4 Å². The first-order valence-electron chi connectivity index (χ1n) is 21.4. The number of rotatable bonds is 14. The Morgan fingerprint density at radius 2 is 1.86 bits per heavy atom. The van der Waals surface area contributed by atoms with Crippen LogP contribution in [0.3, 0.4) is 0 Å². The Kier molecular flexibility index (Phi) is 12.6. The molecule has 17 heteroatoms. The highest BCUT2D eigenvalue weighted by molar-refractivity contribution is 7.92. The molecule has 3 aromatic carbocycles. The highest BCUT2D eigenvalue weighted by Crippen LogP contribution is 2.45. The number of alkyl halides is 3. The summed E-state index contributed by atoms with van der Waals surface area (Å²) in [6.07, 6.45) is 2.26. The first-order valence-corrected chi connectivity index (χ1v) is 23.1. The number of nitro benzene ring substituents is 1. The predicted molar refractivity (Wildman–Crippen MR) is 239 cm³/mol. The van der Waals surface area contributed by atoms with Gasteiger partial charge in [0.1, 0.15) is 28.6 Å². The van der Waals surface area contributed by atoms with Crippen LogP contribution in [-0.4, -0.2) is 92.2 Å². The minimum absolute atomic E-state index is 0.0162. The van der Waals surface area contributed by atoms with Crippen molar-refractivity contribution in [2.45, 2.75) is 57.5 Å². The third kappa shape index (κ3) is 10.1. The number of fused-ring (bicyclic) bond motifs is 1. The van der Waals surface area contributed by atoms with Gasteiger partial charge in [0.15, 0.2) is 15.6 Å². The van der Waals surface area contributed by atoms with Gasteiger partial charge in [0.05, 0.1) is 33.7 Å². The zero-order valence-electron chi connectivity index (χ0n) is 36.0. The molecule has 4 heterocycles. The lowest BCUT2D eigenvalue weighted by atomic mass is 9.72. The summed E-state index contributed by atoms with van der Waals surface area (Å²) in [5.41, 5.74) is 4.39. The second-order valence-electron chi connectivity index (χ2n) is 17.8. The number of halogens is 3. The van der Waals surface area contributed by atoms with E-state index in [1.165, 1.54) is 36.0 Å². The maximum absolute atomic E-state index is 14.0. The van der Waals surface area contributed by atoms with Gasteiger partial charge >= 0.3 is 6.18 Å². The molecule has 1 unspecified atom stereocenters. The highest BCUT2D eigenvalue weighted by Gasteiger charge is 2.34. The van der Waals surface area contributed by atoms with Crippen LogP contribution in [-0.2, 0) is 20.8 Å². The molecule has 0 radical (unpaired) electrons. The van der Waals surface area contributed by atoms with E-state index >= 15 is 0 Å². The monoisotopic (exact) mass is 900 g/mol. The number of ether oxygens (including phenoxy) is 2. The SMILES string of the molecule is Cc1cc(C(F)(F)F)ccc1C1=C(CN2CCN(c3ccc(C(=O)CS(=O)(=O)c4ccc(NCC5CCOC5)c([N+](=O)[O-])c4)c(Oc4cnc5[nH]ccc5c4)c3)CC2)CCC(C)(C)C1. The van der Waals surface area contributed by atoms with E-state index < -0.39 is 43.7 Å². The van der Waals surface area contributed by atoms with Crippen molar-refractivity contribution in [3.63, 3.8) is 0 Å². The molecular weight excluding hydrogens is 850 g/mol. The fraction of sp³-hybridized carbons (Fsp3) is 0.404. The zero-order chi connectivity index (χ0) is 45.4. The summed E-state index contributed by atoms with van der Waals surface area (Å²) in [5.74, 6) is -1.08. The number of sulfone groups is 1. The molecule has 0 spiro atoms. The predicted octanol–water partition coefficient (Wildman–Crippen LogP) is 9.48. The van der Waals surface area contributed by atoms with E-state index in [1.54, 1.807) is 43.5 Å². The van der Waals surface area contributed by atoms with E-state index in [0.717, 1.165) is 54.0 Å². The summed E-state index contributed by atoms with van der Waals surface area (Å²) in [5, 5.41) is 15.9. The quantitative estimate of drug-likeness (QED) is 0.0621. The molecule has 8 rings (SSSR count). The number of aromatic amines is 1. The number of nitrogens with zero attached hydrogens (tertiary/aromatic N) is 4. The average molecular weight is 901 g/mol. The van der Waals surface area contributed by atoms with E-state index in [2.05, 4.69) is 38.9 Å². The van der Waals surface area contributed by atoms with Crippen molar-refractivity contribution in [1.29, 1.82) is 0 Å². The topological polar surface area (TPSA) is 160 Å². The van der Waals surface area contributed by atoms with E-state index in [-0.39, 0.29) is 33.2 Å². The molecule has 2 aliphatic heterocycles. The van der Waals surface area contributed by atoms with E-state index in [4.69, 9.17) is 9.47 Å². The molecule has 0 amide bonds. The summed E-state index contributed by atoms with van der Waals surface area (Å²) in [4.78, 5) is 37.0. The number of aryl methyl sites for hydroxylation is 1. The molecular formula is C47H51F3N6O7S. The third-order valence-electron chi connectivity index (χ3n) is 12.5. The van der Waals surface area contributed by atoms with Gasteiger partial charge in [-0.3, -0.25) is 19.8 Å². The molecule has 0 saturated carbocycles. The Bertz CT molecular complexity index is 2720. The fourth-order valence-electron chi connectivity index (χ4n) is 8.87. The van der Waals surface area contributed by atoms with Gasteiger partial charge in [-0.2, -0.15) is 13.2 Å². The number of anilines is 2. The van der Waals surface area contributed by atoms with Crippen LogP contribution < -0.4 is 15.0 Å². The molecule has 3 aliphatic rings. The number of Topliss-reactive ketones (excluding diaryl/α,β-unsaturated/α-hetero) is 1. The van der Waals surface area contributed by atoms with Gasteiger partial charge in [-0.25, -0.2) is 13.4 Å². The van der Waals surface area contributed by atoms with E-state index in [0.29, 0.717) is 69.4 Å². The molecule has 0 bridgehead atoms. The Morgan fingerprint density at radius 3 is 2.58 bits per heavy atom. The maximum atomic E-state index is 14.0. The number of aromatic nitrogens is 2. The number of nitrogens with one attached hydrogen (secondary N) is 2.